The zero-order chi connectivity index (χ0) is 49.9. The number of aromatic hydroxyl groups is 2. The van der Waals surface area contributed by atoms with E-state index in [1.807, 2.05) is 24.3 Å². The number of hydrogen-bond acceptors (Lipinski definition) is 7. The molecule has 0 heterocycles. The van der Waals surface area contributed by atoms with E-state index >= 15 is 0 Å². The Labute approximate surface area is 403 Å². The summed E-state index contributed by atoms with van der Waals surface area (Å²) in [5, 5.41) is 40.7. The third-order valence-corrected chi connectivity index (χ3v) is 12.8. The van der Waals surface area contributed by atoms with Crippen molar-refractivity contribution in [3.63, 3.8) is 0 Å². The van der Waals surface area contributed by atoms with Crippen LogP contribution >= 0.6 is 0 Å². The van der Waals surface area contributed by atoms with E-state index in [4.69, 9.17) is 9.47 Å². The van der Waals surface area contributed by atoms with Gasteiger partial charge in [-0.25, -0.2) is 4.79 Å². The van der Waals surface area contributed by atoms with Crippen LogP contribution in [0.5, 0.6) is 23.0 Å². The topological polar surface area (TPSA) is 154 Å². The van der Waals surface area contributed by atoms with E-state index in [-0.39, 0.29) is 77.3 Å². The Kier molecular flexibility index (Phi) is 15.2. The van der Waals surface area contributed by atoms with Crippen molar-refractivity contribution in [2.45, 2.75) is 143 Å². The quantitative estimate of drug-likeness (QED) is 0.0612. The van der Waals surface area contributed by atoms with Crippen molar-refractivity contribution in [1.82, 2.24) is 10.6 Å². The molecular formula is C58H72N2O8. The fourth-order valence-electron chi connectivity index (χ4n) is 8.59. The highest BCUT2D eigenvalue weighted by Gasteiger charge is 2.29. The van der Waals surface area contributed by atoms with Gasteiger partial charge >= 0.3 is 5.97 Å². The van der Waals surface area contributed by atoms with Gasteiger partial charge in [0.1, 0.15) is 23.0 Å². The largest absolute Gasteiger partial charge is 0.507 e. The van der Waals surface area contributed by atoms with Crippen molar-refractivity contribution in [2.75, 3.05) is 26.3 Å². The fourth-order valence-corrected chi connectivity index (χ4v) is 8.59. The van der Waals surface area contributed by atoms with Crippen molar-refractivity contribution in [1.29, 1.82) is 0 Å². The molecule has 8 bridgehead atoms. The van der Waals surface area contributed by atoms with Gasteiger partial charge in [0, 0.05) is 38.8 Å². The van der Waals surface area contributed by atoms with Gasteiger partial charge in [0.15, 0.2) is 13.2 Å². The first kappa shape index (κ1) is 51.1. The number of unbranched alkanes of at least 4 members (excludes halogenated alkanes) is 1. The first-order valence-electron chi connectivity index (χ1n) is 23.9. The minimum atomic E-state index is -1.11. The number of aliphatic carboxylic acids is 1. The highest BCUT2D eigenvalue weighted by molar-refractivity contribution is 5.96. The average molecular weight is 925 g/mol. The SMILES string of the molecule is CC(C)(C)c1cc2c(O)c(c1)Cc1cc(C(C)(C)C)cc(c1OCC(=O)NCCCCNC(=O)C1=C=CC=C1)Cc1cc(C(C)(C)C)cc(c1O)Cc1cc(C(C)(C)C)cc(c1OCC(=O)O)C2. The van der Waals surface area contributed by atoms with Gasteiger partial charge in [-0.1, -0.05) is 138 Å². The summed E-state index contributed by atoms with van der Waals surface area (Å²) in [4.78, 5) is 38.0. The Morgan fingerprint density at radius 1 is 0.529 bits per heavy atom. The molecule has 0 spiro atoms. The lowest BCUT2D eigenvalue weighted by atomic mass is 9.79. The number of fused-ring (bicyclic) bond motifs is 8. The summed E-state index contributed by atoms with van der Waals surface area (Å²) in [5.41, 5.74) is 11.9. The van der Waals surface area contributed by atoms with Crippen LogP contribution in [0.4, 0.5) is 0 Å². The maximum atomic E-state index is 13.5. The van der Waals surface area contributed by atoms with Gasteiger partial charge in [-0.05, 0) is 113 Å². The van der Waals surface area contributed by atoms with E-state index in [2.05, 4.69) is 124 Å². The van der Waals surface area contributed by atoms with E-state index in [1.165, 1.54) is 0 Å². The molecule has 2 aliphatic rings. The molecule has 0 saturated carbocycles. The lowest BCUT2D eigenvalue weighted by Crippen LogP contribution is -2.31. The van der Waals surface area contributed by atoms with Gasteiger partial charge in [0.2, 0.25) is 0 Å². The molecule has 362 valence electrons. The van der Waals surface area contributed by atoms with Crippen LogP contribution in [0.1, 0.15) is 163 Å². The Balaban J connectivity index is 1.51. The monoisotopic (exact) mass is 925 g/mol. The third kappa shape index (κ3) is 12.6. The molecule has 2 aliphatic carbocycles. The van der Waals surface area contributed by atoms with Crippen molar-refractivity contribution in [3.8, 4) is 23.0 Å². The number of carbonyl (C=O) groups excluding carboxylic acids is 2. The van der Waals surface area contributed by atoms with Crippen molar-refractivity contribution in [2.24, 2.45) is 0 Å². The minimum Gasteiger partial charge on any atom is -0.507 e. The summed E-state index contributed by atoms with van der Waals surface area (Å²) in [7, 11) is 0. The van der Waals surface area contributed by atoms with Crippen LogP contribution < -0.4 is 20.1 Å². The molecule has 0 radical (unpaired) electrons. The maximum absolute atomic E-state index is 13.5. The predicted octanol–water partition coefficient (Wildman–Crippen LogP) is 10.5. The Morgan fingerprint density at radius 3 is 1.19 bits per heavy atom. The molecule has 0 aromatic heterocycles. The number of ether oxygens (including phenoxy) is 2. The maximum Gasteiger partial charge on any atom is 0.341 e. The van der Waals surface area contributed by atoms with E-state index in [0.717, 1.165) is 44.5 Å². The number of nitrogens with one attached hydrogen (secondary N) is 2. The van der Waals surface area contributed by atoms with Crippen LogP contribution in [0.3, 0.4) is 0 Å². The van der Waals surface area contributed by atoms with E-state index in [9.17, 15) is 29.7 Å². The lowest BCUT2D eigenvalue weighted by Gasteiger charge is -2.28. The molecule has 0 saturated heterocycles. The highest BCUT2D eigenvalue weighted by atomic mass is 16.5. The molecule has 0 atom stereocenters. The van der Waals surface area contributed by atoms with Crippen LogP contribution in [-0.2, 0) is 61.7 Å². The van der Waals surface area contributed by atoms with Crippen molar-refractivity contribution in [3.05, 3.63) is 145 Å². The summed E-state index contributed by atoms with van der Waals surface area (Å²) in [5.74, 6) is -0.414. The van der Waals surface area contributed by atoms with Gasteiger partial charge < -0.3 is 35.4 Å². The lowest BCUT2D eigenvalue weighted by molar-refractivity contribution is -0.139. The van der Waals surface area contributed by atoms with E-state index < -0.39 is 12.6 Å². The second-order valence-corrected chi connectivity index (χ2v) is 22.6. The molecule has 6 rings (SSSR count). The van der Waals surface area contributed by atoms with Crippen LogP contribution in [0.15, 0.2) is 78.1 Å². The Bertz CT molecular complexity index is 2570. The summed E-state index contributed by atoms with van der Waals surface area (Å²) in [6, 6.07) is 16.5. The van der Waals surface area contributed by atoms with Crippen LogP contribution in [0.2, 0.25) is 0 Å². The predicted molar refractivity (Wildman–Crippen MR) is 270 cm³/mol. The normalized spacial score (nSPS) is 13.8. The van der Waals surface area contributed by atoms with E-state index in [1.54, 1.807) is 18.2 Å². The zero-order valence-corrected chi connectivity index (χ0v) is 42.3. The number of carboxylic acid groups (broad SMARTS) is 1. The Morgan fingerprint density at radius 2 is 0.868 bits per heavy atom. The molecule has 10 nitrogen and oxygen atoms in total. The molecule has 5 N–H and O–H groups in total. The number of carboxylic acids is 1. The molecule has 4 aromatic carbocycles. The summed E-state index contributed by atoms with van der Waals surface area (Å²) in [6.45, 7) is 25.7. The first-order valence-corrected chi connectivity index (χ1v) is 23.9. The third-order valence-electron chi connectivity index (χ3n) is 12.8. The number of hydrogen-bond donors (Lipinski definition) is 5. The number of allylic oxidation sites excluding steroid dienone is 1. The van der Waals surface area contributed by atoms with Crippen LogP contribution in [0, 0.1) is 0 Å². The second-order valence-electron chi connectivity index (χ2n) is 22.6. The first-order chi connectivity index (χ1) is 31.7. The van der Waals surface area contributed by atoms with Gasteiger partial charge in [0.05, 0.1) is 5.57 Å². The number of phenols is 2. The van der Waals surface area contributed by atoms with E-state index in [0.29, 0.717) is 65.3 Å². The molecular weight excluding hydrogens is 853 g/mol. The molecule has 4 aromatic rings. The highest BCUT2D eigenvalue weighted by Crippen LogP contribution is 2.44. The molecule has 68 heavy (non-hydrogen) atoms. The zero-order valence-electron chi connectivity index (χ0n) is 42.3. The number of benzene rings is 4. The standard InChI is InChI=1S/C58H72N2O8/c1-55(2,3)44-25-36-21-40-29-46(57(7,8)9)30-41(52(40)67-33-48(61)59-19-15-16-20-60-54(66)35-17-13-14-18-35)22-37-26-45(56(4,5)6)28-39(51(37)65)24-43-32-47(58(10,11)12)31-42(23-38(27-44)50(36)64)53(43)68-34-49(62)63/h13-14,17,25-32,64-65H,15-16,19-24,33-34H2,1-12H3,(H,59,61)(H,60,66)(H,62,63). The minimum absolute atomic E-state index is 0.116. The molecule has 0 fully saturated rings. The number of phenolic OH excluding ortho intramolecular Hbond substituents is 2. The van der Waals surface area contributed by atoms with Crippen molar-refractivity contribution >= 4 is 17.8 Å². The van der Waals surface area contributed by atoms with Crippen molar-refractivity contribution < 1.29 is 39.2 Å². The molecule has 0 unspecified atom stereocenters. The molecule has 2 amide bonds. The summed E-state index contributed by atoms with van der Waals surface area (Å²) >= 11 is 0. The number of rotatable bonds is 12. The van der Waals surface area contributed by atoms with Gasteiger partial charge in [0.25, 0.3) is 11.8 Å². The number of carbonyl (C=O) groups is 3. The molecule has 0 aliphatic heterocycles. The average Bonchev–Trinajstić information content (AvgIpc) is 3.78. The van der Waals surface area contributed by atoms with Gasteiger partial charge in [-0.3, -0.25) is 9.59 Å². The van der Waals surface area contributed by atoms with Crippen LogP contribution in [-0.4, -0.2) is 59.4 Å². The van der Waals surface area contributed by atoms with Crippen LogP contribution in [0.25, 0.3) is 0 Å². The second kappa shape index (κ2) is 20.1. The fraction of sp³-hybridized carbons (Fsp3) is 0.448. The van der Waals surface area contributed by atoms with Gasteiger partial charge in [-0.15, -0.1) is 5.73 Å². The Hall–Kier alpha value is -6.25. The number of amides is 2. The molecule has 10 heteroatoms. The summed E-state index contributed by atoms with van der Waals surface area (Å²) in [6.07, 6.45) is 7.52. The van der Waals surface area contributed by atoms with Gasteiger partial charge in [-0.2, -0.15) is 0 Å². The smallest absolute Gasteiger partial charge is 0.341 e. The summed E-state index contributed by atoms with van der Waals surface area (Å²) < 4.78 is 12.9.